The highest BCUT2D eigenvalue weighted by molar-refractivity contribution is 5.81. The van der Waals surface area contributed by atoms with Gasteiger partial charge >= 0.3 is 0 Å². The van der Waals surface area contributed by atoms with E-state index in [9.17, 15) is 4.79 Å². The Kier molecular flexibility index (Phi) is 4.55. The van der Waals surface area contributed by atoms with Gasteiger partial charge in [-0.25, -0.2) is 4.98 Å². The van der Waals surface area contributed by atoms with E-state index < -0.39 is 0 Å². The van der Waals surface area contributed by atoms with Crippen LogP contribution < -0.4 is 5.32 Å². The second-order valence-electron chi connectivity index (χ2n) is 5.19. The van der Waals surface area contributed by atoms with Crippen LogP contribution in [0.3, 0.4) is 0 Å². The second-order valence-corrected chi connectivity index (χ2v) is 5.19. The fraction of sp³-hybridized carbons (Fsp3) is 0.692. The highest BCUT2D eigenvalue weighted by atomic mass is 16.2. The average Bonchev–Trinajstić information content (AvgIpc) is 2.81. The molecule has 106 valence electrons. The maximum absolute atomic E-state index is 12.2. The van der Waals surface area contributed by atoms with Crippen LogP contribution in [0.25, 0.3) is 0 Å². The standard InChI is InChI=1S/C13H23N5O/c1-16(2)13(19)11-10-14-5-9-18(11)7-4-12-15-6-8-17(12)3/h6,8,11,14H,4-5,7,9-10H2,1-3H3. The Labute approximate surface area is 114 Å². The summed E-state index contributed by atoms with van der Waals surface area (Å²) >= 11 is 0. The number of likely N-dealkylation sites (N-methyl/N-ethyl adjacent to an activating group) is 1. The summed E-state index contributed by atoms with van der Waals surface area (Å²) in [7, 11) is 5.63. The van der Waals surface area contributed by atoms with Gasteiger partial charge in [0.15, 0.2) is 0 Å². The van der Waals surface area contributed by atoms with E-state index in [-0.39, 0.29) is 11.9 Å². The van der Waals surface area contributed by atoms with Crippen LogP contribution in [0.1, 0.15) is 5.82 Å². The van der Waals surface area contributed by atoms with Crippen LogP contribution in [0, 0.1) is 0 Å². The molecule has 2 rings (SSSR count). The number of carbonyl (C=O) groups excluding carboxylic acids is 1. The summed E-state index contributed by atoms with van der Waals surface area (Å²) in [5, 5.41) is 3.30. The van der Waals surface area contributed by atoms with Gasteiger partial charge in [-0.05, 0) is 0 Å². The molecule has 1 N–H and O–H groups in total. The highest BCUT2D eigenvalue weighted by Gasteiger charge is 2.29. The van der Waals surface area contributed by atoms with Crippen molar-refractivity contribution < 1.29 is 4.79 Å². The van der Waals surface area contributed by atoms with E-state index in [4.69, 9.17) is 0 Å². The first-order valence-corrected chi connectivity index (χ1v) is 6.71. The van der Waals surface area contributed by atoms with Crippen molar-refractivity contribution >= 4 is 5.91 Å². The van der Waals surface area contributed by atoms with E-state index in [2.05, 4.69) is 15.2 Å². The van der Waals surface area contributed by atoms with Gasteiger partial charge in [0.2, 0.25) is 5.91 Å². The zero-order valence-corrected chi connectivity index (χ0v) is 12.0. The molecule has 1 aliphatic rings. The monoisotopic (exact) mass is 265 g/mol. The molecular weight excluding hydrogens is 242 g/mol. The van der Waals surface area contributed by atoms with Crippen molar-refractivity contribution in [3.8, 4) is 0 Å². The molecule has 1 aromatic heterocycles. The third-order valence-corrected chi connectivity index (χ3v) is 3.62. The number of piperazine rings is 1. The van der Waals surface area contributed by atoms with Crippen LogP contribution in [-0.2, 0) is 18.3 Å². The molecule has 19 heavy (non-hydrogen) atoms. The van der Waals surface area contributed by atoms with Crippen LogP contribution in [0.15, 0.2) is 12.4 Å². The first kappa shape index (κ1) is 14.0. The lowest BCUT2D eigenvalue weighted by molar-refractivity contribution is -0.135. The van der Waals surface area contributed by atoms with Gasteiger partial charge in [-0.3, -0.25) is 9.69 Å². The zero-order valence-electron chi connectivity index (χ0n) is 12.0. The maximum Gasteiger partial charge on any atom is 0.240 e. The Morgan fingerprint density at radius 1 is 1.58 bits per heavy atom. The van der Waals surface area contributed by atoms with Crippen molar-refractivity contribution in [1.29, 1.82) is 0 Å². The van der Waals surface area contributed by atoms with Crippen molar-refractivity contribution in [2.24, 2.45) is 7.05 Å². The highest BCUT2D eigenvalue weighted by Crippen LogP contribution is 2.08. The molecule has 6 nitrogen and oxygen atoms in total. The fourth-order valence-corrected chi connectivity index (χ4v) is 2.44. The minimum absolute atomic E-state index is 0.0518. The third-order valence-electron chi connectivity index (χ3n) is 3.62. The van der Waals surface area contributed by atoms with Gasteiger partial charge in [-0.15, -0.1) is 0 Å². The molecule has 0 radical (unpaired) electrons. The molecular formula is C13H23N5O. The molecule has 1 atom stereocenters. The number of nitrogens with zero attached hydrogens (tertiary/aromatic N) is 4. The summed E-state index contributed by atoms with van der Waals surface area (Å²) in [6.07, 6.45) is 4.64. The molecule has 0 aromatic carbocycles. The predicted octanol–water partition coefficient (Wildman–Crippen LogP) is -0.675. The first-order chi connectivity index (χ1) is 9.09. The van der Waals surface area contributed by atoms with E-state index in [0.29, 0.717) is 0 Å². The molecule has 1 aliphatic heterocycles. The lowest BCUT2D eigenvalue weighted by Crippen LogP contribution is -2.57. The van der Waals surface area contributed by atoms with Crippen LogP contribution in [-0.4, -0.2) is 71.6 Å². The van der Waals surface area contributed by atoms with E-state index in [1.165, 1.54) is 0 Å². The Morgan fingerprint density at radius 3 is 3.00 bits per heavy atom. The number of carbonyl (C=O) groups is 1. The number of amides is 1. The minimum Gasteiger partial charge on any atom is -0.347 e. The lowest BCUT2D eigenvalue weighted by Gasteiger charge is -2.36. The molecule has 1 aromatic rings. The van der Waals surface area contributed by atoms with E-state index in [0.717, 1.165) is 38.4 Å². The van der Waals surface area contributed by atoms with Gasteiger partial charge in [0.05, 0.1) is 0 Å². The number of nitrogens with one attached hydrogen (secondary N) is 1. The van der Waals surface area contributed by atoms with Crippen molar-refractivity contribution in [2.45, 2.75) is 12.5 Å². The van der Waals surface area contributed by atoms with Crippen LogP contribution in [0.5, 0.6) is 0 Å². The Balaban J connectivity index is 1.96. The minimum atomic E-state index is -0.0518. The number of aromatic nitrogens is 2. The van der Waals surface area contributed by atoms with Crippen molar-refractivity contribution in [3.63, 3.8) is 0 Å². The molecule has 1 fully saturated rings. The smallest absolute Gasteiger partial charge is 0.240 e. The Hall–Kier alpha value is -1.40. The summed E-state index contributed by atoms with van der Waals surface area (Å²) in [5.74, 6) is 1.24. The number of imidazole rings is 1. The molecule has 1 unspecified atom stereocenters. The first-order valence-electron chi connectivity index (χ1n) is 6.71. The van der Waals surface area contributed by atoms with Crippen LogP contribution >= 0.6 is 0 Å². The van der Waals surface area contributed by atoms with Gasteiger partial charge in [-0.2, -0.15) is 0 Å². The summed E-state index contributed by atoms with van der Waals surface area (Å²) in [6.45, 7) is 3.46. The molecule has 1 saturated heterocycles. The third kappa shape index (κ3) is 3.33. The molecule has 6 heteroatoms. The molecule has 0 bridgehead atoms. The van der Waals surface area contributed by atoms with Gasteiger partial charge in [-0.1, -0.05) is 0 Å². The van der Waals surface area contributed by atoms with E-state index in [1.54, 1.807) is 4.90 Å². The topological polar surface area (TPSA) is 53.4 Å². The summed E-state index contributed by atoms with van der Waals surface area (Å²) in [6, 6.07) is -0.0518. The van der Waals surface area contributed by atoms with Crippen molar-refractivity contribution in [3.05, 3.63) is 18.2 Å². The summed E-state index contributed by atoms with van der Waals surface area (Å²) < 4.78 is 2.03. The van der Waals surface area contributed by atoms with Crippen molar-refractivity contribution in [1.82, 2.24) is 24.7 Å². The maximum atomic E-state index is 12.2. The van der Waals surface area contributed by atoms with Gasteiger partial charge in [0, 0.05) is 66.1 Å². The van der Waals surface area contributed by atoms with Crippen LogP contribution in [0.2, 0.25) is 0 Å². The van der Waals surface area contributed by atoms with Gasteiger partial charge < -0.3 is 14.8 Å². The van der Waals surface area contributed by atoms with Crippen molar-refractivity contribution in [2.75, 3.05) is 40.3 Å². The number of hydrogen-bond acceptors (Lipinski definition) is 4. The van der Waals surface area contributed by atoms with Crippen LogP contribution in [0.4, 0.5) is 0 Å². The Morgan fingerprint density at radius 2 is 2.37 bits per heavy atom. The molecule has 0 aliphatic carbocycles. The normalized spacial score (nSPS) is 20.5. The summed E-state index contributed by atoms with van der Waals surface area (Å²) in [4.78, 5) is 20.4. The van der Waals surface area contributed by atoms with Gasteiger partial charge in [0.1, 0.15) is 11.9 Å². The fourth-order valence-electron chi connectivity index (χ4n) is 2.44. The number of aryl methyl sites for hydroxylation is 1. The number of rotatable bonds is 4. The molecule has 0 saturated carbocycles. The largest absolute Gasteiger partial charge is 0.347 e. The molecule has 1 amide bonds. The average molecular weight is 265 g/mol. The second kappa shape index (κ2) is 6.16. The SMILES string of the molecule is CN(C)C(=O)C1CNCCN1CCc1nccn1C. The molecule has 0 spiro atoms. The predicted molar refractivity (Wildman–Crippen MR) is 73.8 cm³/mol. The summed E-state index contributed by atoms with van der Waals surface area (Å²) in [5.41, 5.74) is 0. The number of hydrogen-bond donors (Lipinski definition) is 1. The van der Waals surface area contributed by atoms with E-state index >= 15 is 0 Å². The zero-order chi connectivity index (χ0) is 13.8. The molecule has 2 heterocycles. The van der Waals surface area contributed by atoms with Gasteiger partial charge in [0.25, 0.3) is 0 Å². The van der Waals surface area contributed by atoms with E-state index in [1.807, 2.05) is 38.1 Å². The lowest BCUT2D eigenvalue weighted by atomic mass is 10.1. The quantitative estimate of drug-likeness (QED) is 0.784. The Bertz CT molecular complexity index is 428.